The normalized spacial score (nSPS) is 12.4. The molecule has 1 aromatic heterocycles. The fourth-order valence-corrected chi connectivity index (χ4v) is 2.53. The van der Waals surface area contributed by atoms with Gasteiger partial charge in [0.25, 0.3) is 0 Å². The first-order valence-electron chi connectivity index (χ1n) is 6.24. The molecule has 0 spiro atoms. The van der Waals surface area contributed by atoms with Crippen LogP contribution in [0.1, 0.15) is 24.3 Å². The third-order valence-electron chi connectivity index (χ3n) is 2.79. The van der Waals surface area contributed by atoms with E-state index in [2.05, 4.69) is 29.0 Å². The minimum absolute atomic E-state index is 0.0154. The first-order chi connectivity index (χ1) is 8.69. The number of hydrogen-bond acceptors (Lipinski definition) is 4. The number of carbonyl (C=O) groups excluding carboxylic acids is 1. The largest absolute Gasteiger partial charge is 0.383 e. The van der Waals surface area contributed by atoms with E-state index in [1.807, 2.05) is 6.92 Å². The summed E-state index contributed by atoms with van der Waals surface area (Å²) in [5, 5.41) is 8.16. The van der Waals surface area contributed by atoms with Crippen LogP contribution >= 0.6 is 11.3 Å². The second-order valence-corrected chi connectivity index (χ2v) is 5.11. The maximum absolute atomic E-state index is 11.7. The van der Waals surface area contributed by atoms with Crippen LogP contribution < -0.4 is 10.6 Å². The highest BCUT2D eigenvalue weighted by atomic mass is 32.1. The van der Waals surface area contributed by atoms with Crippen molar-refractivity contribution in [1.29, 1.82) is 0 Å². The molecule has 18 heavy (non-hydrogen) atoms. The molecule has 102 valence electrons. The molecule has 1 unspecified atom stereocenters. The van der Waals surface area contributed by atoms with Crippen LogP contribution in [0, 0.1) is 0 Å². The number of ether oxygens (including phenoxy) is 1. The molecule has 1 aromatic rings. The van der Waals surface area contributed by atoms with Crippen LogP contribution in [-0.2, 0) is 22.5 Å². The highest BCUT2D eigenvalue weighted by molar-refractivity contribution is 7.10. The third kappa shape index (κ3) is 4.76. The Kier molecular flexibility index (Phi) is 6.93. The summed E-state index contributed by atoms with van der Waals surface area (Å²) in [4.78, 5) is 13.0. The van der Waals surface area contributed by atoms with Crippen molar-refractivity contribution in [3.63, 3.8) is 0 Å². The van der Waals surface area contributed by atoms with Crippen molar-refractivity contribution in [1.82, 2.24) is 10.6 Å². The van der Waals surface area contributed by atoms with E-state index in [1.165, 1.54) is 10.4 Å². The van der Waals surface area contributed by atoms with E-state index >= 15 is 0 Å². The lowest BCUT2D eigenvalue weighted by Crippen LogP contribution is -2.42. The highest BCUT2D eigenvalue weighted by Gasteiger charge is 2.12. The van der Waals surface area contributed by atoms with Crippen molar-refractivity contribution in [2.45, 2.75) is 32.9 Å². The molecule has 0 aliphatic heterocycles. The predicted molar refractivity (Wildman–Crippen MR) is 74.9 cm³/mol. The number of rotatable bonds is 8. The minimum Gasteiger partial charge on any atom is -0.383 e. The van der Waals surface area contributed by atoms with E-state index in [4.69, 9.17) is 4.74 Å². The Morgan fingerprint density at radius 3 is 3.00 bits per heavy atom. The van der Waals surface area contributed by atoms with Crippen LogP contribution in [0.2, 0.25) is 0 Å². The van der Waals surface area contributed by atoms with Crippen LogP contribution in [0.4, 0.5) is 0 Å². The molecule has 0 radical (unpaired) electrons. The van der Waals surface area contributed by atoms with Gasteiger partial charge in [0.05, 0.1) is 12.6 Å². The summed E-state index contributed by atoms with van der Waals surface area (Å²) in [5.41, 5.74) is 1.36. The van der Waals surface area contributed by atoms with Gasteiger partial charge in [-0.3, -0.25) is 4.79 Å². The molecule has 0 saturated heterocycles. The summed E-state index contributed by atoms with van der Waals surface area (Å²) in [6, 6.07) is 1.96. The first-order valence-corrected chi connectivity index (χ1v) is 7.12. The van der Waals surface area contributed by atoms with E-state index in [9.17, 15) is 4.79 Å². The summed E-state index contributed by atoms with van der Waals surface area (Å²) >= 11 is 1.74. The highest BCUT2D eigenvalue weighted by Crippen LogP contribution is 2.16. The quantitative estimate of drug-likeness (QED) is 0.705. The standard InChI is InChI=1S/C13H22N2O2S/c1-4-11-5-8-18-12(11)9-15-10(2)13(16)14-6-7-17-3/h5,8,10,15H,4,6-7,9H2,1-3H3,(H,14,16). The summed E-state index contributed by atoms with van der Waals surface area (Å²) in [6.07, 6.45) is 1.04. The van der Waals surface area contributed by atoms with Gasteiger partial charge in [-0.1, -0.05) is 6.92 Å². The SMILES string of the molecule is CCc1ccsc1CNC(C)C(=O)NCCOC. The Balaban J connectivity index is 2.32. The summed E-state index contributed by atoms with van der Waals surface area (Å²) in [7, 11) is 1.62. The topological polar surface area (TPSA) is 50.4 Å². The molecule has 1 amide bonds. The van der Waals surface area contributed by atoms with Gasteiger partial charge >= 0.3 is 0 Å². The smallest absolute Gasteiger partial charge is 0.236 e. The number of amides is 1. The van der Waals surface area contributed by atoms with Gasteiger partial charge in [0.1, 0.15) is 0 Å². The van der Waals surface area contributed by atoms with Crippen molar-refractivity contribution < 1.29 is 9.53 Å². The molecule has 5 heteroatoms. The first kappa shape index (κ1) is 15.1. The molecule has 1 atom stereocenters. The number of nitrogens with one attached hydrogen (secondary N) is 2. The average molecular weight is 270 g/mol. The Morgan fingerprint density at radius 2 is 2.33 bits per heavy atom. The molecule has 1 rings (SSSR count). The molecular formula is C13H22N2O2S. The zero-order valence-electron chi connectivity index (χ0n) is 11.3. The average Bonchev–Trinajstić information content (AvgIpc) is 2.83. The zero-order chi connectivity index (χ0) is 13.4. The third-order valence-corrected chi connectivity index (χ3v) is 3.75. The molecule has 0 aliphatic rings. The number of methoxy groups -OCH3 is 1. The molecule has 0 saturated carbocycles. The molecule has 1 heterocycles. The van der Waals surface area contributed by atoms with Crippen LogP contribution in [0.3, 0.4) is 0 Å². The lowest BCUT2D eigenvalue weighted by atomic mass is 10.2. The Hall–Kier alpha value is -0.910. The summed E-state index contributed by atoms with van der Waals surface area (Å²) < 4.78 is 4.89. The van der Waals surface area contributed by atoms with E-state index in [0.29, 0.717) is 13.2 Å². The van der Waals surface area contributed by atoms with Crippen LogP contribution in [0.25, 0.3) is 0 Å². The lowest BCUT2D eigenvalue weighted by molar-refractivity contribution is -0.122. The van der Waals surface area contributed by atoms with Gasteiger partial charge < -0.3 is 15.4 Å². The molecule has 2 N–H and O–H groups in total. The fraction of sp³-hybridized carbons (Fsp3) is 0.615. The van der Waals surface area contributed by atoms with Gasteiger partial charge in [-0.25, -0.2) is 0 Å². The Morgan fingerprint density at radius 1 is 1.56 bits per heavy atom. The molecular weight excluding hydrogens is 248 g/mol. The van der Waals surface area contributed by atoms with Gasteiger partial charge in [-0.2, -0.15) is 0 Å². The predicted octanol–water partition coefficient (Wildman–Crippen LogP) is 1.55. The van der Waals surface area contributed by atoms with Crippen molar-refractivity contribution in [3.05, 3.63) is 21.9 Å². The number of aryl methyl sites for hydroxylation is 1. The van der Waals surface area contributed by atoms with Gasteiger partial charge in [0.2, 0.25) is 5.91 Å². The van der Waals surface area contributed by atoms with Crippen LogP contribution in [0.5, 0.6) is 0 Å². The Labute approximate surface area is 113 Å². The van der Waals surface area contributed by atoms with Crippen LogP contribution in [-0.4, -0.2) is 32.2 Å². The van der Waals surface area contributed by atoms with Crippen LogP contribution in [0.15, 0.2) is 11.4 Å². The fourth-order valence-electron chi connectivity index (χ4n) is 1.61. The number of thiophene rings is 1. The minimum atomic E-state index is -0.186. The second-order valence-electron chi connectivity index (χ2n) is 4.11. The molecule has 0 bridgehead atoms. The second kappa shape index (κ2) is 8.24. The molecule has 0 fully saturated rings. The van der Waals surface area contributed by atoms with Crippen molar-refractivity contribution >= 4 is 17.2 Å². The lowest BCUT2D eigenvalue weighted by Gasteiger charge is -2.13. The molecule has 0 aliphatic carbocycles. The summed E-state index contributed by atoms with van der Waals surface area (Å²) in [6.45, 7) is 5.87. The van der Waals surface area contributed by atoms with E-state index in [0.717, 1.165) is 13.0 Å². The van der Waals surface area contributed by atoms with Crippen molar-refractivity contribution in [2.24, 2.45) is 0 Å². The monoisotopic (exact) mass is 270 g/mol. The van der Waals surface area contributed by atoms with Gasteiger partial charge in [-0.15, -0.1) is 11.3 Å². The molecule has 4 nitrogen and oxygen atoms in total. The van der Waals surface area contributed by atoms with E-state index in [1.54, 1.807) is 18.4 Å². The van der Waals surface area contributed by atoms with Crippen molar-refractivity contribution in [2.75, 3.05) is 20.3 Å². The Bertz CT molecular complexity index is 366. The van der Waals surface area contributed by atoms with E-state index in [-0.39, 0.29) is 11.9 Å². The van der Waals surface area contributed by atoms with E-state index < -0.39 is 0 Å². The van der Waals surface area contributed by atoms with Gasteiger partial charge in [0.15, 0.2) is 0 Å². The molecule has 0 aromatic carbocycles. The number of hydrogen-bond donors (Lipinski definition) is 2. The maximum Gasteiger partial charge on any atom is 0.236 e. The number of carbonyl (C=O) groups is 1. The van der Waals surface area contributed by atoms with Gasteiger partial charge in [0, 0.05) is 25.1 Å². The zero-order valence-corrected chi connectivity index (χ0v) is 12.1. The van der Waals surface area contributed by atoms with Gasteiger partial charge in [-0.05, 0) is 30.4 Å². The summed E-state index contributed by atoms with van der Waals surface area (Å²) in [5.74, 6) is 0.0154. The van der Waals surface area contributed by atoms with Crippen molar-refractivity contribution in [3.8, 4) is 0 Å². The maximum atomic E-state index is 11.7.